The maximum atomic E-state index is 14.0. The number of hydrogen-bond acceptors (Lipinski definition) is 8. The zero-order chi connectivity index (χ0) is 26.9. The van der Waals surface area contributed by atoms with E-state index in [-0.39, 0.29) is 31.2 Å². The van der Waals surface area contributed by atoms with E-state index in [1.807, 2.05) is 37.3 Å². The topological polar surface area (TPSA) is 180 Å². The van der Waals surface area contributed by atoms with Crippen LogP contribution in [0.25, 0.3) is 6.08 Å². The molecule has 0 aliphatic carbocycles. The van der Waals surface area contributed by atoms with Crippen molar-refractivity contribution < 1.29 is 38.8 Å². The van der Waals surface area contributed by atoms with Crippen molar-refractivity contribution in [1.29, 1.82) is 0 Å². The number of nitrogens with zero attached hydrogens (tertiary/aromatic N) is 1. The van der Waals surface area contributed by atoms with Gasteiger partial charge < -0.3 is 35.8 Å². The van der Waals surface area contributed by atoms with Crippen molar-refractivity contribution in [3.63, 3.8) is 0 Å². The molecule has 2 amide bonds. The second-order valence-electron chi connectivity index (χ2n) is 8.70. The predicted octanol–water partition coefficient (Wildman–Crippen LogP) is 0.114. The predicted molar refractivity (Wildman–Crippen MR) is 131 cm³/mol. The molecule has 2 heterocycles. The summed E-state index contributed by atoms with van der Waals surface area (Å²) in [6, 6.07) is 7.60. The molecule has 1 saturated heterocycles. The Morgan fingerprint density at radius 1 is 1.27 bits per heavy atom. The molecule has 11 nitrogen and oxygen atoms in total. The first-order chi connectivity index (χ1) is 17.7. The number of nitrogens with two attached hydrogens (primary N) is 1. The number of ether oxygens (including phenoxy) is 2. The van der Waals surface area contributed by atoms with Crippen LogP contribution in [0.2, 0.25) is 0 Å². The SMILES string of the molecule is CCc1[nH]nc(OC2OC(CO)C(F)C(O)C2O)c1Cc1ccc(/C=C/CC(=O)NCCC(N)=O)cc1. The average molecular weight is 521 g/mol. The number of halogens is 1. The van der Waals surface area contributed by atoms with Crippen LogP contribution in [0.3, 0.4) is 0 Å². The summed E-state index contributed by atoms with van der Waals surface area (Å²) in [7, 11) is 0. The number of alkyl halides is 1. The van der Waals surface area contributed by atoms with Crippen molar-refractivity contribution in [2.24, 2.45) is 5.73 Å². The molecule has 3 rings (SSSR count). The van der Waals surface area contributed by atoms with E-state index in [0.29, 0.717) is 18.4 Å². The molecule has 0 saturated carbocycles. The number of nitrogens with one attached hydrogen (secondary N) is 2. The summed E-state index contributed by atoms with van der Waals surface area (Å²) in [6.07, 6.45) is -3.29. The monoisotopic (exact) mass is 520 g/mol. The van der Waals surface area contributed by atoms with Crippen LogP contribution < -0.4 is 15.8 Å². The molecule has 1 aromatic heterocycles. The summed E-state index contributed by atoms with van der Waals surface area (Å²) in [5.41, 5.74) is 8.37. The maximum absolute atomic E-state index is 14.0. The lowest BCUT2D eigenvalue weighted by Crippen LogP contribution is -2.58. The van der Waals surface area contributed by atoms with Gasteiger partial charge in [0.05, 0.1) is 6.61 Å². The van der Waals surface area contributed by atoms with E-state index < -0.39 is 43.3 Å². The van der Waals surface area contributed by atoms with E-state index in [4.69, 9.17) is 15.2 Å². The molecule has 0 spiro atoms. The van der Waals surface area contributed by atoms with Gasteiger partial charge in [0, 0.05) is 37.1 Å². The van der Waals surface area contributed by atoms with Gasteiger partial charge in [-0.2, -0.15) is 0 Å². The fraction of sp³-hybridized carbons (Fsp3) is 0.480. The van der Waals surface area contributed by atoms with Gasteiger partial charge in [-0.3, -0.25) is 14.7 Å². The number of aryl methyl sites for hydroxylation is 1. The average Bonchev–Trinajstić information content (AvgIpc) is 3.26. The number of aromatic amines is 1. The Hall–Kier alpha value is -3.32. The largest absolute Gasteiger partial charge is 0.443 e. The highest BCUT2D eigenvalue weighted by molar-refractivity contribution is 5.79. The van der Waals surface area contributed by atoms with Crippen LogP contribution in [-0.4, -0.2) is 81.3 Å². The minimum absolute atomic E-state index is 0.0948. The molecule has 7 N–H and O–H groups in total. The number of carbonyl (C=O) groups is 2. The highest BCUT2D eigenvalue weighted by Gasteiger charge is 2.46. The second kappa shape index (κ2) is 13.3. The molecule has 5 unspecified atom stereocenters. The van der Waals surface area contributed by atoms with Crippen LogP contribution in [-0.2, 0) is 27.2 Å². The highest BCUT2D eigenvalue weighted by atomic mass is 19.1. The number of amides is 2. The van der Waals surface area contributed by atoms with Crippen molar-refractivity contribution >= 4 is 17.9 Å². The molecule has 1 fully saturated rings. The molecule has 37 heavy (non-hydrogen) atoms. The number of hydrogen-bond donors (Lipinski definition) is 6. The van der Waals surface area contributed by atoms with Crippen molar-refractivity contribution in [3.8, 4) is 5.88 Å². The van der Waals surface area contributed by atoms with Crippen molar-refractivity contribution in [2.75, 3.05) is 13.2 Å². The van der Waals surface area contributed by atoms with Gasteiger partial charge in [0.15, 0.2) is 6.17 Å². The van der Waals surface area contributed by atoms with Gasteiger partial charge in [-0.05, 0) is 17.5 Å². The van der Waals surface area contributed by atoms with Crippen LogP contribution in [0.5, 0.6) is 5.88 Å². The molecule has 5 atom stereocenters. The lowest BCUT2D eigenvalue weighted by atomic mass is 10.0. The molecular weight excluding hydrogens is 487 g/mol. The number of carbonyl (C=O) groups excluding carboxylic acids is 2. The van der Waals surface area contributed by atoms with Gasteiger partial charge in [-0.25, -0.2) is 4.39 Å². The smallest absolute Gasteiger partial charge is 0.238 e. The Kier molecular flexibility index (Phi) is 10.1. The third-order valence-electron chi connectivity index (χ3n) is 5.96. The first-order valence-electron chi connectivity index (χ1n) is 12.0. The number of aliphatic hydroxyl groups is 3. The number of aromatic nitrogens is 2. The molecule has 12 heteroatoms. The molecule has 1 aliphatic heterocycles. The zero-order valence-electron chi connectivity index (χ0n) is 20.5. The van der Waals surface area contributed by atoms with Crippen molar-refractivity contribution in [2.45, 2.75) is 63.4 Å². The summed E-state index contributed by atoms with van der Waals surface area (Å²) in [4.78, 5) is 22.5. The normalized spacial score (nSPS) is 23.8. The minimum Gasteiger partial charge on any atom is -0.443 e. The van der Waals surface area contributed by atoms with Crippen molar-refractivity contribution in [3.05, 3.63) is 52.7 Å². The van der Waals surface area contributed by atoms with E-state index in [0.717, 1.165) is 16.8 Å². The standard InChI is InChI=1S/C25H33FN4O7/c1-2-17-16(24(30-29-17)37-25-23(35)22(34)21(26)18(13-31)36-25)12-15-8-6-14(7-9-15)4-3-5-20(33)28-11-10-19(27)32/h3-4,6-9,18,21-23,25,31,34-35H,2,5,10-13H2,1H3,(H2,27,32)(H,28,33)(H,29,30)/b4-3+. The van der Waals surface area contributed by atoms with Crippen LogP contribution in [0.4, 0.5) is 4.39 Å². The first-order valence-corrected chi connectivity index (χ1v) is 12.0. The third-order valence-corrected chi connectivity index (χ3v) is 5.96. The number of H-pyrrole nitrogens is 1. The second-order valence-corrected chi connectivity index (χ2v) is 8.70. The number of benzene rings is 1. The summed E-state index contributed by atoms with van der Waals surface area (Å²) in [5, 5.41) is 39.2. The highest BCUT2D eigenvalue weighted by Crippen LogP contribution is 2.29. The molecule has 0 radical (unpaired) electrons. The number of aliphatic hydroxyl groups excluding tert-OH is 3. The van der Waals surface area contributed by atoms with Crippen molar-refractivity contribution in [1.82, 2.24) is 15.5 Å². The van der Waals surface area contributed by atoms with Crippen LogP contribution in [0.1, 0.15) is 42.1 Å². The maximum Gasteiger partial charge on any atom is 0.238 e. The number of rotatable bonds is 12. The molecular formula is C25H33FN4O7. The fourth-order valence-corrected chi connectivity index (χ4v) is 3.85. The lowest BCUT2D eigenvalue weighted by molar-refractivity contribution is -0.265. The van der Waals surface area contributed by atoms with Crippen LogP contribution in [0, 0.1) is 0 Å². The van der Waals surface area contributed by atoms with E-state index >= 15 is 0 Å². The zero-order valence-corrected chi connectivity index (χ0v) is 20.5. The summed E-state index contributed by atoms with van der Waals surface area (Å²) >= 11 is 0. The summed E-state index contributed by atoms with van der Waals surface area (Å²) in [5.74, 6) is -0.533. The molecule has 202 valence electrons. The summed E-state index contributed by atoms with van der Waals surface area (Å²) < 4.78 is 25.1. The molecule has 1 aliphatic rings. The first kappa shape index (κ1) is 28.3. The fourth-order valence-electron chi connectivity index (χ4n) is 3.85. The minimum atomic E-state index is -1.95. The van der Waals surface area contributed by atoms with Gasteiger partial charge in [0.25, 0.3) is 0 Å². The lowest BCUT2D eigenvalue weighted by Gasteiger charge is -2.38. The van der Waals surface area contributed by atoms with E-state index in [2.05, 4.69) is 15.5 Å². The third kappa shape index (κ3) is 7.59. The van der Waals surface area contributed by atoms with Crippen LogP contribution >= 0.6 is 0 Å². The van der Waals surface area contributed by atoms with E-state index in [9.17, 15) is 29.3 Å². The molecule has 1 aromatic carbocycles. The molecule has 2 aromatic rings. The van der Waals surface area contributed by atoms with E-state index in [1.165, 1.54) is 0 Å². The van der Waals surface area contributed by atoms with Gasteiger partial charge in [-0.15, -0.1) is 5.10 Å². The van der Waals surface area contributed by atoms with E-state index in [1.54, 1.807) is 6.08 Å². The molecule has 0 bridgehead atoms. The van der Waals surface area contributed by atoms with Crippen LogP contribution in [0.15, 0.2) is 30.3 Å². The van der Waals surface area contributed by atoms with Gasteiger partial charge in [-0.1, -0.05) is 43.3 Å². The van der Waals surface area contributed by atoms with Gasteiger partial charge >= 0.3 is 0 Å². The Labute approximate surface area is 213 Å². The van der Waals surface area contributed by atoms with Gasteiger partial charge in [0.1, 0.15) is 18.3 Å². The number of primary amides is 1. The Balaban J connectivity index is 1.63. The van der Waals surface area contributed by atoms with Gasteiger partial charge in [0.2, 0.25) is 24.0 Å². The summed E-state index contributed by atoms with van der Waals surface area (Å²) in [6.45, 7) is 1.46. The Morgan fingerprint density at radius 2 is 2.00 bits per heavy atom. The Morgan fingerprint density at radius 3 is 2.65 bits per heavy atom. The quantitative estimate of drug-likeness (QED) is 0.228. The Bertz CT molecular complexity index is 1070.